The average molecular weight is 275 g/mol. The number of methoxy groups -OCH3 is 1. The van der Waals surface area contributed by atoms with E-state index in [0.29, 0.717) is 5.69 Å². The molecule has 0 saturated carbocycles. The molecule has 1 N–H and O–H groups in total. The highest BCUT2D eigenvalue weighted by molar-refractivity contribution is 7.89. The van der Waals surface area contributed by atoms with Crippen molar-refractivity contribution in [3.8, 4) is 0 Å². The van der Waals surface area contributed by atoms with Crippen LogP contribution in [0.5, 0.6) is 0 Å². The fraction of sp³-hybridized carbons (Fsp3) is 0.600. The number of aryl methyl sites for hydroxylation is 1. The lowest BCUT2D eigenvalue weighted by Gasteiger charge is -2.19. The van der Waals surface area contributed by atoms with Crippen molar-refractivity contribution < 1.29 is 17.9 Å². The molecular weight excluding hydrogens is 258 g/mol. The van der Waals surface area contributed by atoms with Crippen LogP contribution in [0.2, 0.25) is 0 Å². The van der Waals surface area contributed by atoms with Gasteiger partial charge in [0.05, 0.1) is 25.4 Å². The Morgan fingerprint density at radius 2 is 2.22 bits per heavy atom. The van der Waals surface area contributed by atoms with Crippen molar-refractivity contribution in [3.05, 3.63) is 11.9 Å². The number of hydrogen-bond donors (Lipinski definition) is 1. The summed E-state index contributed by atoms with van der Waals surface area (Å²) in [6.07, 6.45) is 1.30. The molecule has 1 aromatic heterocycles. The summed E-state index contributed by atoms with van der Waals surface area (Å²) in [5, 5.41) is 6.28. The summed E-state index contributed by atoms with van der Waals surface area (Å²) in [7, 11) is -2.34. The van der Waals surface area contributed by atoms with Gasteiger partial charge in [-0.25, -0.2) is 8.42 Å². The molecule has 0 unspecified atom stereocenters. The Kier molecular flexibility index (Phi) is 4.85. The number of ether oxygens (including phenoxy) is 1. The van der Waals surface area contributed by atoms with E-state index in [0.717, 1.165) is 0 Å². The molecule has 0 amide bonds. The van der Waals surface area contributed by atoms with Crippen molar-refractivity contribution in [1.29, 1.82) is 0 Å². The lowest BCUT2D eigenvalue weighted by molar-refractivity contribution is -0.140. The van der Waals surface area contributed by atoms with Gasteiger partial charge in [0.1, 0.15) is 4.90 Å². The second kappa shape index (κ2) is 5.96. The number of hydrogen-bond acceptors (Lipinski definition) is 5. The molecule has 0 aliphatic rings. The van der Waals surface area contributed by atoms with Crippen LogP contribution in [0.3, 0.4) is 0 Å². The quantitative estimate of drug-likeness (QED) is 0.753. The van der Waals surface area contributed by atoms with E-state index in [1.807, 2.05) is 0 Å². The maximum absolute atomic E-state index is 12.3. The van der Waals surface area contributed by atoms with Crippen LogP contribution in [0, 0.1) is 6.92 Å². The first-order chi connectivity index (χ1) is 8.43. The Morgan fingerprint density at radius 1 is 1.56 bits per heavy atom. The highest BCUT2D eigenvalue weighted by Crippen LogP contribution is 2.17. The topological polar surface area (TPSA) is 92.4 Å². The molecule has 1 aromatic rings. The van der Waals surface area contributed by atoms with Crippen LogP contribution in [0.15, 0.2) is 11.1 Å². The normalized spacial score (nSPS) is 11.8. The minimum absolute atomic E-state index is 0.0282. The molecule has 0 aromatic carbocycles. The summed E-state index contributed by atoms with van der Waals surface area (Å²) in [5.74, 6) is -0.437. The molecule has 1 heterocycles. The molecule has 1 rings (SSSR count). The van der Waals surface area contributed by atoms with Gasteiger partial charge in [0.15, 0.2) is 0 Å². The van der Waals surface area contributed by atoms with Gasteiger partial charge in [-0.3, -0.25) is 9.89 Å². The molecule has 0 atom stereocenters. The van der Waals surface area contributed by atoms with E-state index < -0.39 is 16.0 Å². The van der Waals surface area contributed by atoms with Crippen molar-refractivity contribution in [2.45, 2.75) is 25.2 Å². The van der Waals surface area contributed by atoms with E-state index in [1.165, 1.54) is 17.6 Å². The van der Waals surface area contributed by atoms with Crippen molar-refractivity contribution in [3.63, 3.8) is 0 Å². The van der Waals surface area contributed by atoms with Crippen molar-refractivity contribution in [1.82, 2.24) is 14.5 Å². The van der Waals surface area contributed by atoms with Crippen LogP contribution >= 0.6 is 0 Å². The predicted molar refractivity (Wildman–Crippen MR) is 64.4 cm³/mol. The Morgan fingerprint density at radius 3 is 2.67 bits per heavy atom. The van der Waals surface area contributed by atoms with Crippen LogP contribution in [-0.2, 0) is 19.6 Å². The van der Waals surface area contributed by atoms with Gasteiger partial charge in [0.25, 0.3) is 0 Å². The summed E-state index contributed by atoms with van der Waals surface area (Å²) in [4.78, 5) is 11.2. The third kappa shape index (κ3) is 3.08. The fourth-order valence-electron chi connectivity index (χ4n) is 1.51. The maximum atomic E-state index is 12.3. The molecule has 0 saturated heterocycles. The van der Waals surface area contributed by atoms with Gasteiger partial charge in [-0.15, -0.1) is 0 Å². The number of carbonyl (C=O) groups is 1. The molecule has 0 spiro atoms. The van der Waals surface area contributed by atoms with Gasteiger partial charge < -0.3 is 4.74 Å². The lowest BCUT2D eigenvalue weighted by atomic mass is 10.4. The zero-order valence-electron chi connectivity index (χ0n) is 10.6. The molecular formula is C10H17N3O4S. The minimum atomic E-state index is -3.61. The molecule has 0 fully saturated rings. The number of H-pyrrole nitrogens is 1. The van der Waals surface area contributed by atoms with Crippen LogP contribution in [0.1, 0.15) is 19.0 Å². The lowest BCUT2D eigenvalue weighted by Crippen LogP contribution is -2.33. The average Bonchev–Trinajstić information content (AvgIpc) is 2.76. The highest BCUT2D eigenvalue weighted by Gasteiger charge is 2.26. The molecule has 7 nitrogen and oxygen atoms in total. The van der Waals surface area contributed by atoms with Gasteiger partial charge in [-0.1, -0.05) is 6.92 Å². The number of rotatable bonds is 6. The second-order valence-electron chi connectivity index (χ2n) is 3.68. The van der Waals surface area contributed by atoms with Crippen LogP contribution in [0.25, 0.3) is 0 Å². The van der Waals surface area contributed by atoms with Gasteiger partial charge in [-0.2, -0.15) is 9.40 Å². The number of nitrogens with zero attached hydrogens (tertiary/aromatic N) is 2. The molecule has 0 aliphatic carbocycles. The van der Waals surface area contributed by atoms with Crippen LogP contribution in [0.4, 0.5) is 0 Å². The Balaban J connectivity index is 2.88. The number of esters is 1. The van der Waals surface area contributed by atoms with Gasteiger partial charge in [-0.05, 0) is 6.92 Å². The zero-order valence-corrected chi connectivity index (χ0v) is 11.5. The largest absolute Gasteiger partial charge is 0.469 e. The molecule has 102 valence electrons. The van der Waals surface area contributed by atoms with Crippen molar-refractivity contribution in [2.24, 2.45) is 0 Å². The second-order valence-corrected chi connectivity index (χ2v) is 5.59. The molecule has 0 bridgehead atoms. The molecule has 18 heavy (non-hydrogen) atoms. The van der Waals surface area contributed by atoms with Crippen molar-refractivity contribution in [2.75, 3.05) is 20.2 Å². The maximum Gasteiger partial charge on any atom is 0.306 e. The smallest absolute Gasteiger partial charge is 0.306 e. The van der Waals surface area contributed by atoms with E-state index in [4.69, 9.17) is 0 Å². The van der Waals surface area contributed by atoms with Crippen molar-refractivity contribution >= 4 is 16.0 Å². The first-order valence-electron chi connectivity index (χ1n) is 5.50. The third-order valence-corrected chi connectivity index (χ3v) is 4.64. The fourth-order valence-corrected chi connectivity index (χ4v) is 3.07. The summed E-state index contributed by atoms with van der Waals surface area (Å²) in [5.41, 5.74) is 0.478. The molecule has 0 radical (unpaired) electrons. The minimum Gasteiger partial charge on any atom is -0.469 e. The first-order valence-corrected chi connectivity index (χ1v) is 6.94. The number of carbonyl (C=O) groups excluding carboxylic acids is 1. The molecule has 8 heteroatoms. The van der Waals surface area contributed by atoms with Gasteiger partial charge in [0.2, 0.25) is 10.0 Å². The Bertz CT molecular complexity index is 509. The van der Waals surface area contributed by atoms with E-state index >= 15 is 0 Å². The molecule has 0 aliphatic heterocycles. The Labute approximate surface area is 106 Å². The Hall–Kier alpha value is -1.41. The van der Waals surface area contributed by atoms with Gasteiger partial charge >= 0.3 is 5.97 Å². The summed E-state index contributed by atoms with van der Waals surface area (Å²) >= 11 is 0. The number of sulfonamides is 1. The first kappa shape index (κ1) is 14.7. The van der Waals surface area contributed by atoms with E-state index in [9.17, 15) is 13.2 Å². The monoisotopic (exact) mass is 275 g/mol. The van der Waals surface area contributed by atoms with Crippen LogP contribution < -0.4 is 0 Å². The van der Waals surface area contributed by atoms with E-state index in [1.54, 1.807) is 13.8 Å². The SMILES string of the molecule is CCN(CCC(=O)OC)S(=O)(=O)c1cn[nH]c1C. The summed E-state index contributed by atoms with van der Waals surface area (Å²) < 4.78 is 30.2. The summed E-state index contributed by atoms with van der Waals surface area (Å²) in [6.45, 7) is 3.72. The zero-order chi connectivity index (χ0) is 13.8. The highest BCUT2D eigenvalue weighted by atomic mass is 32.2. The third-order valence-electron chi connectivity index (χ3n) is 2.55. The van der Waals surface area contributed by atoms with E-state index in [2.05, 4.69) is 14.9 Å². The number of nitrogens with one attached hydrogen (secondary N) is 1. The van der Waals surface area contributed by atoms with Gasteiger partial charge in [0, 0.05) is 13.1 Å². The standard InChI is InChI=1S/C10H17N3O4S/c1-4-13(6-5-10(14)17-3)18(15,16)9-7-11-12-8(9)2/h7H,4-6H2,1-3H3,(H,11,12). The number of aromatic amines is 1. The summed E-state index contributed by atoms with van der Waals surface area (Å²) in [6, 6.07) is 0. The van der Waals surface area contributed by atoms with Crippen LogP contribution in [-0.4, -0.2) is 49.1 Å². The van der Waals surface area contributed by atoms with E-state index in [-0.39, 0.29) is 24.4 Å². The predicted octanol–water partition coefficient (Wildman–Crippen LogP) is 0.292. The number of aromatic nitrogens is 2.